The summed E-state index contributed by atoms with van der Waals surface area (Å²) in [7, 11) is 0. The van der Waals surface area contributed by atoms with E-state index < -0.39 is 46.0 Å². The molecule has 7 nitrogen and oxygen atoms in total. The molecule has 0 aliphatic heterocycles. The summed E-state index contributed by atoms with van der Waals surface area (Å²) in [5, 5.41) is 21.2. The lowest BCUT2D eigenvalue weighted by molar-refractivity contribution is -0.153. The summed E-state index contributed by atoms with van der Waals surface area (Å²) in [6.07, 6.45) is -2.72. The van der Waals surface area contributed by atoms with E-state index in [-0.39, 0.29) is 16.9 Å². The molecule has 3 atom stereocenters. The van der Waals surface area contributed by atoms with Crippen molar-refractivity contribution in [3.63, 3.8) is 0 Å². The van der Waals surface area contributed by atoms with Crippen molar-refractivity contribution in [2.45, 2.75) is 58.2 Å². The first-order valence-electron chi connectivity index (χ1n) is 13.1. The van der Waals surface area contributed by atoms with Gasteiger partial charge in [0.1, 0.15) is 28.5 Å². The van der Waals surface area contributed by atoms with E-state index in [1.807, 2.05) is 13.8 Å². The van der Waals surface area contributed by atoms with Crippen LogP contribution in [0.4, 0.5) is 23.4 Å². The van der Waals surface area contributed by atoms with Gasteiger partial charge in [0.05, 0.1) is 17.2 Å². The Labute approximate surface area is 233 Å². The summed E-state index contributed by atoms with van der Waals surface area (Å²) in [6, 6.07) is 10.9. The monoisotopic (exact) mass is 570 g/mol. The SMILES string of the molecule is CC(O)(c1ccc(-c2nc([C@@H]3CC[C@](C)(C(=O)O)C3(C)C)n3c(F)cnc(N)c23)cc1)c1cccc(C(F)(F)F)c1. The average molecular weight is 571 g/mol. The number of imidazole rings is 1. The Kier molecular flexibility index (Phi) is 6.45. The molecule has 5 rings (SSSR count). The van der Waals surface area contributed by atoms with Crippen molar-refractivity contribution in [1.82, 2.24) is 14.4 Å². The van der Waals surface area contributed by atoms with E-state index in [9.17, 15) is 28.2 Å². The van der Waals surface area contributed by atoms with Crippen molar-refractivity contribution in [2.24, 2.45) is 10.8 Å². The molecule has 1 saturated carbocycles. The number of aromatic nitrogens is 3. The van der Waals surface area contributed by atoms with E-state index in [1.165, 1.54) is 23.5 Å². The molecule has 216 valence electrons. The van der Waals surface area contributed by atoms with Crippen LogP contribution >= 0.6 is 0 Å². The third kappa shape index (κ3) is 4.34. The van der Waals surface area contributed by atoms with Gasteiger partial charge in [-0.2, -0.15) is 17.6 Å². The molecule has 2 aromatic heterocycles. The Balaban J connectivity index is 1.60. The van der Waals surface area contributed by atoms with E-state index >= 15 is 4.39 Å². The van der Waals surface area contributed by atoms with Gasteiger partial charge >= 0.3 is 12.1 Å². The van der Waals surface area contributed by atoms with Crippen LogP contribution in [0, 0.1) is 16.8 Å². The van der Waals surface area contributed by atoms with Gasteiger partial charge in [0.25, 0.3) is 0 Å². The minimum absolute atomic E-state index is 0.0250. The van der Waals surface area contributed by atoms with E-state index in [0.29, 0.717) is 35.5 Å². The molecule has 0 bridgehead atoms. The number of aliphatic carboxylic acids is 1. The molecule has 2 heterocycles. The zero-order valence-electron chi connectivity index (χ0n) is 22.9. The van der Waals surface area contributed by atoms with Crippen LogP contribution in [0.15, 0.2) is 54.7 Å². The molecule has 1 fully saturated rings. The molecule has 2 aromatic carbocycles. The molecule has 1 unspecified atom stereocenters. The van der Waals surface area contributed by atoms with Crippen LogP contribution in [-0.2, 0) is 16.6 Å². The molecule has 0 saturated heterocycles. The Morgan fingerprint density at radius 2 is 1.71 bits per heavy atom. The first-order chi connectivity index (χ1) is 19.0. The van der Waals surface area contributed by atoms with Crippen molar-refractivity contribution in [1.29, 1.82) is 0 Å². The van der Waals surface area contributed by atoms with Crippen LogP contribution in [-0.4, -0.2) is 30.6 Å². The van der Waals surface area contributed by atoms with Gasteiger partial charge in [-0.05, 0) is 55.4 Å². The molecule has 1 aliphatic carbocycles. The molecular weight excluding hydrogens is 540 g/mol. The largest absolute Gasteiger partial charge is 0.481 e. The molecule has 11 heteroatoms. The maximum absolute atomic E-state index is 15.3. The molecule has 4 N–H and O–H groups in total. The lowest BCUT2D eigenvalue weighted by atomic mass is 9.65. The first kappa shape index (κ1) is 28.5. The third-order valence-corrected chi connectivity index (χ3v) is 9.15. The number of fused-ring (bicyclic) bond motifs is 1. The third-order valence-electron chi connectivity index (χ3n) is 9.15. The number of aliphatic hydroxyl groups is 1. The smallest absolute Gasteiger partial charge is 0.416 e. The quantitative estimate of drug-likeness (QED) is 0.240. The second-order valence-electron chi connectivity index (χ2n) is 11.6. The summed E-state index contributed by atoms with van der Waals surface area (Å²) >= 11 is 0. The van der Waals surface area contributed by atoms with E-state index in [4.69, 9.17) is 10.7 Å². The van der Waals surface area contributed by atoms with Gasteiger partial charge in [-0.15, -0.1) is 0 Å². The molecule has 1 aliphatic rings. The minimum Gasteiger partial charge on any atom is -0.481 e. The summed E-state index contributed by atoms with van der Waals surface area (Å²) in [5.74, 6) is -1.70. The van der Waals surface area contributed by atoms with Crippen LogP contribution in [0.1, 0.15) is 69.0 Å². The highest BCUT2D eigenvalue weighted by atomic mass is 19.4. The first-order valence-corrected chi connectivity index (χ1v) is 13.1. The number of nitrogens with two attached hydrogens (primary N) is 1. The van der Waals surface area contributed by atoms with Crippen molar-refractivity contribution < 1.29 is 32.6 Å². The maximum atomic E-state index is 15.3. The van der Waals surface area contributed by atoms with Gasteiger partial charge in [-0.3, -0.25) is 9.20 Å². The number of hydrogen-bond donors (Lipinski definition) is 3. The zero-order chi connectivity index (χ0) is 30.1. The number of nitrogens with zero attached hydrogens (tertiary/aromatic N) is 3. The number of alkyl halides is 3. The number of halogens is 4. The summed E-state index contributed by atoms with van der Waals surface area (Å²) in [6.45, 7) is 6.77. The fraction of sp³-hybridized carbons (Fsp3) is 0.367. The summed E-state index contributed by atoms with van der Waals surface area (Å²) in [4.78, 5) is 21.0. The van der Waals surface area contributed by atoms with Crippen LogP contribution in [0.2, 0.25) is 0 Å². The number of carbonyl (C=O) groups is 1. The number of benzene rings is 2. The number of rotatable bonds is 5. The average Bonchev–Trinajstić information content (AvgIpc) is 3.42. The molecule has 0 amide bonds. The highest BCUT2D eigenvalue weighted by Crippen LogP contribution is 2.60. The predicted molar refractivity (Wildman–Crippen MR) is 144 cm³/mol. The standard InChI is InChI=1S/C30H30F4N4O3/c1-27(2)20(12-13-28(27,3)26(39)40)25-37-22(23-24(35)36-15-21(31)38(23)25)16-8-10-17(11-9-16)29(4,41)18-6-5-7-19(14-18)30(32,33)34/h5-11,14-15,20,41H,12-13H2,1-4H3,(H2,35,36)(H,39,40)/t20-,28+,29?/m0/s1. The summed E-state index contributed by atoms with van der Waals surface area (Å²) in [5.41, 5.74) is 3.18. The maximum Gasteiger partial charge on any atom is 0.416 e. The highest BCUT2D eigenvalue weighted by Gasteiger charge is 2.57. The number of carboxylic acid groups (broad SMARTS) is 1. The number of carboxylic acids is 1. The molecule has 0 radical (unpaired) electrons. The van der Waals surface area contributed by atoms with Gasteiger partial charge < -0.3 is 15.9 Å². The van der Waals surface area contributed by atoms with Crippen LogP contribution in [0.3, 0.4) is 0 Å². The molecule has 41 heavy (non-hydrogen) atoms. The lowest BCUT2D eigenvalue weighted by Crippen LogP contribution is -2.40. The van der Waals surface area contributed by atoms with Crippen molar-refractivity contribution in [3.05, 3.63) is 83.2 Å². The van der Waals surface area contributed by atoms with E-state index in [0.717, 1.165) is 18.3 Å². The highest BCUT2D eigenvalue weighted by molar-refractivity contribution is 5.85. The number of nitrogen functional groups attached to an aromatic ring is 1. The Bertz CT molecular complexity index is 1660. The Morgan fingerprint density at radius 1 is 1.07 bits per heavy atom. The minimum atomic E-state index is -4.56. The summed E-state index contributed by atoms with van der Waals surface area (Å²) < 4.78 is 56.4. The molecular formula is C30H30F4N4O3. The van der Waals surface area contributed by atoms with E-state index in [2.05, 4.69) is 4.98 Å². The van der Waals surface area contributed by atoms with Crippen LogP contribution < -0.4 is 5.73 Å². The normalized spacial score (nSPS) is 22.1. The van der Waals surface area contributed by atoms with Gasteiger partial charge in [0, 0.05) is 11.5 Å². The van der Waals surface area contributed by atoms with Gasteiger partial charge in [-0.1, -0.05) is 50.2 Å². The molecule has 4 aromatic rings. The van der Waals surface area contributed by atoms with Crippen molar-refractivity contribution in [2.75, 3.05) is 5.73 Å². The topological polar surface area (TPSA) is 114 Å². The van der Waals surface area contributed by atoms with Gasteiger partial charge in [0.2, 0.25) is 5.95 Å². The lowest BCUT2D eigenvalue weighted by Gasteiger charge is -2.38. The second kappa shape index (κ2) is 9.27. The second-order valence-corrected chi connectivity index (χ2v) is 11.6. The fourth-order valence-corrected chi connectivity index (χ4v) is 6.02. The Hall–Kier alpha value is -3.99. The van der Waals surface area contributed by atoms with Crippen LogP contribution in [0.25, 0.3) is 16.8 Å². The Morgan fingerprint density at radius 3 is 2.29 bits per heavy atom. The van der Waals surface area contributed by atoms with Crippen molar-refractivity contribution in [3.8, 4) is 11.3 Å². The van der Waals surface area contributed by atoms with Gasteiger partial charge in [-0.25, -0.2) is 9.97 Å². The zero-order valence-corrected chi connectivity index (χ0v) is 22.9. The van der Waals surface area contributed by atoms with E-state index in [1.54, 1.807) is 31.2 Å². The molecule has 0 spiro atoms. The van der Waals surface area contributed by atoms with Crippen LogP contribution in [0.5, 0.6) is 0 Å². The number of hydrogen-bond acceptors (Lipinski definition) is 5. The van der Waals surface area contributed by atoms with Crippen molar-refractivity contribution >= 4 is 17.3 Å². The van der Waals surface area contributed by atoms with Gasteiger partial charge in [0.15, 0.2) is 0 Å². The predicted octanol–water partition coefficient (Wildman–Crippen LogP) is 6.39. The fourth-order valence-electron chi connectivity index (χ4n) is 6.02. The number of anilines is 1.